The first-order valence-electron chi connectivity index (χ1n) is 7.93. The summed E-state index contributed by atoms with van der Waals surface area (Å²) in [6.07, 6.45) is 1.73. The number of ether oxygens (including phenoxy) is 1. The highest BCUT2D eigenvalue weighted by Gasteiger charge is 2.11. The van der Waals surface area contributed by atoms with Gasteiger partial charge < -0.3 is 15.0 Å². The van der Waals surface area contributed by atoms with Crippen LogP contribution in [0, 0.1) is 6.92 Å². The summed E-state index contributed by atoms with van der Waals surface area (Å²) in [6.45, 7) is 2.45. The fourth-order valence-electron chi connectivity index (χ4n) is 2.28. The van der Waals surface area contributed by atoms with Gasteiger partial charge in [-0.3, -0.25) is 4.79 Å². The van der Waals surface area contributed by atoms with E-state index in [1.807, 2.05) is 39.2 Å². The van der Waals surface area contributed by atoms with Gasteiger partial charge in [-0.15, -0.1) is 0 Å². The van der Waals surface area contributed by atoms with E-state index in [4.69, 9.17) is 4.74 Å². The first-order valence-corrected chi connectivity index (χ1v) is 7.93. The van der Waals surface area contributed by atoms with Crippen LogP contribution in [0.4, 0.5) is 5.95 Å². The molecule has 6 heteroatoms. The Labute approximate surface area is 142 Å². The molecule has 0 fully saturated rings. The highest BCUT2D eigenvalue weighted by Crippen LogP contribution is 2.13. The van der Waals surface area contributed by atoms with Gasteiger partial charge in [-0.05, 0) is 43.5 Å². The van der Waals surface area contributed by atoms with Crippen molar-refractivity contribution in [2.24, 2.45) is 0 Å². The number of rotatable bonds is 7. The number of anilines is 1. The normalized spacial score (nSPS) is 10.3. The third-order valence-corrected chi connectivity index (χ3v) is 3.54. The van der Waals surface area contributed by atoms with Crippen molar-refractivity contribution in [2.45, 2.75) is 19.8 Å². The second-order valence-electron chi connectivity index (χ2n) is 5.80. The molecule has 0 aliphatic heterocycles. The standard InChI is InChI=1S/C18H24N4O2/c1-13-11-16(21-18(20-13)22(2)3)17(23)19-10-6-8-14-7-5-9-15(12-14)24-4/h5,7,9,11-12H,6,8,10H2,1-4H3,(H,19,23). The van der Waals surface area contributed by atoms with Crippen LogP contribution in [0.1, 0.15) is 28.2 Å². The molecule has 0 unspecified atom stereocenters. The van der Waals surface area contributed by atoms with Gasteiger partial charge in [0.05, 0.1) is 7.11 Å². The number of aryl methyl sites for hydroxylation is 2. The predicted molar refractivity (Wildman–Crippen MR) is 94.7 cm³/mol. The molecule has 0 spiro atoms. The second kappa shape index (κ2) is 8.29. The van der Waals surface area contributed by atoms with Crippen molar-refractivity contribution in [3.63, 3.8) is 0 Å². The predicted octanol–water partition coefficient (Wildman–Crippen LogP) is 2.22. The summed E-state index contributed by atoms with van der Waals surface area (Å²) in [4.78, 5) is 22.6. The number of nitrogens with zero attached hydrogens (tertiary/aromatic N) is 3. The molecule has 0 bridgehead atoms. The van der Waals surface area contributed by atoms with Crippen molar-refractivity contribution >= 4 is 11.9 Å². The average Bonchev–Trinajstić information content (AvgIpc) is 2.58. The quantitative estimate of drug-likeness (QED) is 0.790. The van der Waals surface area contributed by atoms with E-state index in [9.17, 15) is 4.79 Å². The first-order chi connectivity index (χ1) is 11.5. The zero-order valence-electron chi connectivity index (χ0n) is 14.7. The lowest BCUT2D eigenvalue weighted by molar-refractivity contribution is 0.0948. The molecule has 128 valence electrons. The van der Waals surface area contributed by atoms with Crippen LogP contribution in [-0.2, 0) is 6.42 Å². The van der Waals surface area contributed by atoms with Crippen LogP contribution in [0.25, 0.3) is 0 Å². The summed E-state index contributed by atoms with van der Waals surface area (Å²) in [5.41, 5.74) is 2.36. The molecule has 1 amide bonds. The first kappa shape index (κ1) is 17.7. The van der Waals surface area contributed by atoms with Crippen LogP contribution >= 0.6 is 0 Å². The lowest BCUT2D eigenvalue weighted by Gasteiger charge is -2.12. The summed E-state index contributed by atoms with van der Waals surface area (Å²) in [6, 6.07) is 9.66. The van der Waals surface area contributed by atoms with Crippen LogP contribution in [0.2, 0.25) is 0 Å². The summed E-state index contributed by atoms with van der Waals surface area (Å²) in [5.74, 6) is 1.22. The van der Waals surface area contributed by atoms with Gasteiger partial charge in [0.25, 0.3) is 5.91 Å². The molecular weight excluding hydrogens is 304 g/mol. The Morgan fingerprint density at radius 1 is 1.25 bits per heavy atom. The van der Waals surface area contributed by atoms with Gasteiger partial charge in [-0.1, -0.05) is 12.1 Å². The molecule has 1 aromatic heterocycles. The molecule has 0 saturated heterocycles. The molecule has 0 aliphatic carbocycles. The number of nitrogens with one attached hydrogen (secondary N) is 1. The number of amides is 1. The van der Waals surface area contributed by atoms with Gasteiger partial charge in [-0.25, -0.2) is 9.97 Å². The van der Waals surface area contributed by atoms with Crippen molar-refractivity contribution in [1.82, 2.24) is 15.3 Å². The highest BCUT2D eigenvalue weighted by molar-refractivity contribution is 5.92. The Morgan fingerprint density at radius 3 is 2.75 bits per heavy atom. The largest absolute Gasteiger partial charge is 0.497 e. The molecule has 1 aromatic carbocycles. The molecule has 6 nitrogen and oxygen atoms in total. The SMILES string of the molecule is COc1cccc(CCCNC(=O)c2cc(C)nc(N(C)C)n2)c1. The van der Waals surface area contributed by atoms with E-state index in [1.54, 1.807) is 18.1 Å². The number of hydrogen-bond acceptors (Lipinski definition) is 5. The van der Waals surface area contributed by atoms with E-state index in [1.165, 1.54) is 5.56 Å². The van der Waals surface area contributed by atoms with E-state index < -0.39 is 0 Å². The summed E-state index contributed by atoms with van der Waals surface area (Å²) in [7, 11) is 5.36. The summed E-state index contributed by atoms with van der Waals surface area (Å²) >= 11 is 0. The Morgan fingerprint density at radius 2 is 2.04 bits per heavy atom. The Kier molecular flexibility index (Phi) is 6.12. The second-order valence-corrected chi connectivity index (χ2v) is 5.80. The number of hydrogen-bond donors (Lipinski definition) is 1. The van der Waals surface area contributed by atoms with E-state index in [2.05, 4.69) is 21.4 Å². The van der Waals surface area contributed by atoms with Gasteiger partial charge in [0.1, 0.15) is 11.4 Å². The topological polar surface area (TPSA) is 67.3 Å². The summed E-state index contributed by atoms with van der Waals surface area (Å²) in [5, 5.41) is 2.91. The number of aromatic nitrogens is 2. The molecule has 2 rings (SSSR count). The molecule has 0 aliphatic rings. The van der Waals surface area contributed by atoms with Crippen molar-refractivity contribution in [2.75, 3.05) is 32.6 Å². The number of carbonyl (C=O) groups excluding carboxylic acids is 1. The maximum absolute atomic E-state index is 12.2. The smallest absolute Gasteiger partial charge is 0.270 e. The van der Waals surface area contributed by atoms with Crippen molar-refractivity contribution in [3.05, 3.63) is 47.3 Å². The van der Waals surface area contributed by atoms with Crippen LogP contribution in [0.3, 0.4) is 0 Å². The molecule has 24 heavy (non-hydrogen) atoms. The molecule has 0 radical (unpaired) electrons. The van der Waals surface area contributed by atoms with Gasteiger partial charge in [-0.2, -0.15) is 0 Å². The highest BCUT2D eigenvalue weighted by atomic mass is 16.5. The lowest BCUT2D eigenvalue weighted by atomic mass is 10.1. The third kappa shape index (κ3) is 4.94. The van der Waals surface area contributed by atoms with Gasteiger partial charge in [0.2, 0.25) is 5.95 Å². The van der Waals surface area contributed by atoms with Crippen LogP contribution in [0.15, 0.2) is 30.3 Å². The van der Waals surface area contributed by atoms with Crippen molar-refractivity contribution < 1.29 is 9.53 Å². The fraction of sp³-hybridized carbons (Fsp3) is 0.389. The summed E-state index contributed by atoms with van der Waals surface area (Å²) < 4.78 is 5.21. The van der Waals surface area contributed by atoms with Crippen LogP contribution in [-0.4, -0.2) is 43.6 Å². The van der Waals surface area contributed by atoms with E-state index in [0.29, 0.717) is 18.2 Å². The van der Waals surface area contributed by atoms with E-state index >= 15 is 0 Å². The molecule has 0 atom stereocenters. The Bertz CT molecular complexity index is 701. The molecule has 2 aromatic rings. The molecule has 1 heterocycles. The minimum absolute atomic E-state index is 0.172. The van der Waals surface area contributed by atoms with E-state index in [-0.39, 0.29) is 5.91 Å². The van der Waals surface area contributed by atoms with Gasteiger partial charge in [0.15, 0.2) is 0 Å². The van der Waals surface area contributed by atoms with Crippen LogP contribution < -0.4 is 15.0 Å². The molecule has 0 saturated carbocycles. The average molecular weight is 328 g/mol. The molecule has 1 N–H and O–H groups in total. The van der Waals surface area contributed by atoms with Gasteiger partial charge in [0, 0.05) is 26.3 Å². The monoisotopic (exact) mass is 328 g/mol. The van der Waals surface area contributed by atoms with Crippen molar-refractivity contribution in [3.8, 4) is 5.75 Å². The zero-order chi connectivity index (χ0) is 17.5. The third-order valence-electron chi connectivity index (χ3n) is 3.54. The fourth-order valence-corrected chi connectivity index (χ4v) is 2.28. The van der Waals surface area contributed by atoms with E-state index in [0.717, 1.165) is 24.3 Å². The van der Waals surface area contributed by atoms with Crippen molar-refractivity contribution in [1.29, 1.82) is 0 Å². The Hall–Kier alpha value is -2.63. The van der Waals surface area contributed by atoms with Crippen LogP contribution in [0.5, 0.6) is 5.75 Å². The minimum Gasteiger partial charge on any atom is -0.497 e. The number of methoxy groups -OCH3 is 1. The maximum Gasteiger partial charge on any atom is 0.270 e. The Balaban J connectivity index is 1.87. The maximum atomic E-state index is 12.2. The van der Waals surface area contributed by atoms with Gasteiger partial charge >= 0.3 is 0 Å². The number of carbonyl (C=O) groups is 1. The molecular formula is C18H24N4O2. The lowest BCUT2D eigenvalue weighted by Crippen LogP contribution is -2.27. The zero-order valence-corrected chi connectivity index (χ0v) is 14.7. The number of benzene rings is 1. The minimum atomic E-state index is -0.172.